The van der Waals surface area contributed by atoms with Crippen LogP contribution < -0.4 is 5.32 Å². The summed E-state index contributed by atoms with van der Waals surface area (Å²) in [6, 6.07) is 3.90. The molecule has 6 heteroatoms. The van der Waals surface area contributed by atoms with Crippen molar-refractivity contribution in [2.24, 2.45) is 0 Å². The normalized spacial score (nSPS) is 12.9. The van der Waals surface area contributed by atoms with Crippen molar-refractivity contribution in [3.63, 3.8) is 0 Å². The minimum Gasteiger partial charge on any atom is -0.465 e. The van der Waals surface area contributed by atoms with Gasteiger partial charge in [-0.15, -0.1) is 11.3 Å². The van der Waals surface area contributed by atoms with E-state index in [1.807, 2.05) is 45.0 Å². The quantitative estimate of drug-likeness (QED) is 0.877. The molecular formula is C17H25N3O2S. The lowest BCUT2D eigenvalue weighted by Gasteiger charge is -2.22. The average molecular weight is 335 g/mol. The SMILES string of the molecule is Cc1ccc(C(CNC(=O)c2sc(C(C)C)nc2C)N(C)C)o1. The van der Waals surface area contributed by atoms with Crippen molar-refractivity contribution in [2.75, 3.05) is 20.6 Å². The number of nitrogens with zero attached hydrogens (tertiary/aromatic N) is 2. The number of furan rings is 1. The van der Waals surface area contributed by atoms with Gasteiger partial charge in [0.1, 0.15) is 16.4 Å². The lowest BCUT2D eigenvalue weighted by atomic mass is 10.2. The molecule has 2 heterocycles. The number of amides is 1. The Labute approximate surface area is 141 Å². The number of aryl methyl sites for hydroxylation is 2. The van der Waals surface area contributed by atoms with Crippen molar-refractivity contribution in [3.8, 4) is 0 Å². The largest absolute Gasteiger partial charge is 0.465 e. The number of carbonyl (C=O) groups excluding carboxylic acids is 1. The van der Waals surface area contributed by atoms with Gasteiger partial charge in [-0.2, -0.15) is 0 Å². The third-order valence-electron chi connectivity index (χ3n) is 3.68. The Morgan fingerprint density at radius 3 is 2.52 bits per heavy atom. The van der Waals surface area contributed by atoms with E-state index in [2.05, 4.69) is 24.1 Å². The molecule has 0 aliphatic heterocycles. The fourth-order valence-corrected chi connectivity index (χ4v) is 3.30. The van der Waals surface area contributed by atoms with Crippen LogP contribution in [0.15, 0.2) is 16.5 Å². The smallest absolute Gasteiger partial charge is 0.263 e. The van der Waals surface area contributed by atoms with Crippen molar-refractivity contribution < 1.29 is 9.21 Å². The number of likely N-dealkylation sites (N-methyl/N-ethyl adjacent to an activating group) is 1. The molecule has 1 amide bonds. The van der Waals surface area contributed by atoms with E-state index in [9.17, 15) is 4.79 Å². The first-order chi connectivity index (χ1) is 10.8. The molecule has 0 bridgehead atoms. The molecule has 0 spiro atoms. The second kappa shape index (κ2) is 7.27. The molecule has 0 aliphatic rings. The van der Waals surface area contributed by atoms with Crippen LogP contribution in [0.25, 0.3) is 0 Å². The van der Waals surface area contributed by atoms with E-state index in [0.717, 1.165) is 22.2 Å². The lowest BCUT2D eigenvalue weighted by Crippen LogP contribution is -2.34. The molecule has 1 atom stereocenters. The van der Waals surface area contributed by atoms with Gasteiger partial charge in [-0.25, -0.2) is 4.98 Å². The molecule has 126 valence electrons. The minimum absolute atomic E-state index is 0.00504. The van der Waals surface area contributed by atoms with Crippen LogP contribution in [0.4, 0.5) is 0 Å². The van der Waals surface area contributed by atoms with Crippen molar-refractivity contribution >= 4 is 17.2 Å². The third kappa shape index (κ3) is 4.20. The molecular weight excluding hydrogens is 310 g/mol. The first kappa shape index (κ1) is 17.7. The van der Waals surface area contributed by atoms with Gasteiger partial charge >= 0.3 is 0 Å². The highest BCUT2D eigenvalue weighted by molar-refractivity contribution is 7.13. The fraction of sp³-hybridized carbons (Fsp3) is 0.529. The van der Waals surface area contributed by atoms with Crippen molar-refractivity contribution in [1.29, 1.82) is 0 Å². The number of nitrogens with one attached hydrogen (secondary N) is 1. The summed E-state index contributed by atoms with van der Waals surface area (Å²) in [5.74, 6) is 2.00. The van der Waals surface area contributed by atoms with E-state index in [4.69, 9.17) is 4.42 Å². The number of aromatic nitrogens is 1. The maximum absolute atomic E-state index is 12.5. The summed E-state index contributed by atoms with van der Waals surface area (Å²) in [5, 5.41) is 4.01. The first-order valence-corrected chi connectivity index (χ1v) is 8.59. The Bertz CT molecular complexity index is 673. The van der Waals surface area contributed by atoms with Crippen LogP contribution in [0.5, 0.6) is 0 Å². The maximum atomic E-state index is 12.5. The van der Waals surface area contributed by atoms with E-state index in [-0.39, 0.29) is 11.9 Å². The Morgan fingerprint density at radius 2 is 2.04 bits per heavy atom. The number of rotatable bonds is 6. The summed E-state index contributed by atoms with van der Waals surface area (Å²) >= 11 is 1.48. The highest BCUT2D eigenvalue weighted by atomic mass is 32.1. The summed E-state index contributed by atoms with van der Waals surface area (Å²) in [5.41, 5.74) is 0.798. The van der Waals surface area contributed by atoms with Gasteiger partial charge in [0.05, 0.1) is 16.7 Å². The van der Waals surface area contributed by atoms with Gasteiger partial charge in [0, 0.05) is 12.5 Å². The monoisotopic (exact) mass is 335 g/mol. The Hall–Kier alpha value is -1.66. The molecule has 0 aliphatic carbocycles. The summed E-state index contributed by atoms with van der Waals surface area (Å²) in [6.07, 6.45) is 0. The van der Waals surface area contributed by atoms with E-state index in [0.29, 0.717) is 17.3 Å². The molecule has 1 N–H and O–H groups in total. The molecule has 23 heavy (non-hydrogen) atoms. The molecule has 0 saturated carbocycles. The lowest BCUT2D eigenvalue weighted by molar-refractivity contribution is 0.0942. The second-order valence-corrected chi connectivity index (χ2v) is 7.29. The summed E-state index contributed by atoms with van der Waals surface area (Å²) in [7, 11) is 3.95. The highest BCUT2D eigenvalue weighted by Crippen LogP contribution is 2.25. The molecule has 1 unspecified atom stereocenters. The summed E-state index contributed by atoms with van der Waals surface area (Å²) in [6.45, 7) is 8.47. The van der Waals surface area contributed by atoms with Crippen LogP contribution in [-0.4, -0.2) is 36.4 Å². The molecule has 0 aromatic carbocycles. The van der Waals surface area contributed by atoms with E-state index in [1.165, 1.54) is 11.3 Å². The topological polar surface area (TPSA) is 58.4 Å². The van der Waals surface area contributed by atoms with Crippen molar-refractivity contribution in [1.82, 2.24) is 15.2 Å². The van der Waals surface area contributed by atoms with E-state index < -0.39 is 0 Å². The molecule has 2 rings (SSSR count). The van der Waals surface area contributed by atoms with Crippen LogP contribution in [0.2, 0.25) is 0 Å². The Kier molecular flexibility index (Phi) is 5.59. The first-order valence-electron chi connectivity index (χ1n) is 7.77. The Morgan fingerprint density at radius 1 is 1.35 bits per heavy atom. The molecule has 0 fully saturated rings. The van der Waals surface area contributed by atoms with Crippen LogP contribution >= 0.6 is 11.3 Å². The van der Waals surface area contributed by atoms with Crippen LogP contribution in [0, 0.1) is 13.8 Å². The predicted molar refractivity (Wildman–Crippen MR) is 93.1 cm³/mol. The van der Waals surface area contributed by atoms with Crippen LogP contribution in [-0.2, 0) is 0 Å². The maximum Gasteiger partial charge on any atom is 0.263 e. The fourth-order valence-electron chi connectivity index (χ4n) is 2.31. The van der Waals surface area contributed by atoms with Gasteiger partial charge in [-0.05, 0) is 40.1 Å². The number of hydrogen-bond donors (Lipinski definition) is 1. The predicted octanol–water partition coefficient (Wildman–Crippen LogP) is 3.51. The number of thiazole rings is 1. The van der Waals surface area contributed by atoms with Gasteiger partial charge < -0.3 is 9.73 Å². The Balaban J connectivity index is 2.07. The van der Waals surface area contributed by atoms with E-state index >= 15 is 0 Å². The zero-order valence-corrected chi connectivity index (χ0v) is 15.5. The van der Waals surface area contributed by atoms with Crippen molar-refractivity contribution in [3.05, 3.63) is 39.2 Å². The third-order valence-corrected chi connectivity index (χ3v) is 5.14. The van der Waals surface area contributed by atoms with Gasteiger partial charge in [-0.3, -0.25) is 9.69 Å². The number of hydrogen-bond acceptors (Lipinski definition) is 5. The molecule has 5 nitrogen and oxygen atoms in total. The zero-order valence-electron chi connectivity index (χ0n) is 14.6. The van der Waals surface area contributed by atoms with Gasteiger partial charge in [0.25, 0.3) is 5.91 Å². The zero-order chi connectivity index (χ0) is 17.1. The van der Waals surface area contributed by atoms with Gasteiger partial charge in [0.15, 0.2) is 0 Å². The molecule has 2 aromatic heterocycles. The van der Waals surface area contributed by atoms with Crippen LogP contribution in [0.3, 0.4) is 0 Å². The summed E-state index contributed by atoms with van der Waals surface area (Å²) < 4.78 is 5.70. The minimum atomic E-state index is -0.0676. The van der Waals surface area contributed by atoms with Gasteiger partial charge in [0.2, 0.25) is 0 Å². The average Bonchev–Trinajstić information content (AvgIpc) is 3.05. The molecule has 0 radical (unpaired) electrons. The van der Waals surface area contributed by atoms with Crippen LogP contribution in [0.1, 0.15) is 57.7 Å². The highest BCUT2D eigenvalue weighted by Gasteiger charge is 2.21. The van der Waals surface area contributed by atoms with E-state index in [1.54, 1.807) is 0 Å². The summed E-state index contributed by atoms with van der Waals surface area (Å²) in [4.78, 5) is 19.7. The van der Waals surface area contributed by atoms with Gasteiger partial charge in [-0.1, -0.05) is 13.8 Å². The second-order valence-electron chi connectivity index (χ2n) is 6.26. The molecule has 2 aromatic rings. The molecule has 0 saturated heterocycles. The standard InChI is InChI=1S/C17H25N3O2S/c1-10(2)17-19-12(4)15(23-17)16(21)18-9-13(20(5)6)14-8-7-11(3)22-14/h7-8,10,13H,9H2,1-6H3,(H,18,21). The number of carbonyl (C=O) groups is 1. The van der Waals surface area contributed by atoms with Crippen molar-refractivity contribution in [2.45, 2.75) is 39.7 Å².